The van der Waals surface area contributed by atoms with Crippen LogP contribution in [0.1, 0.15) is 24.2 Å². The van der Waals surface area contributed by atoms with Crippen molar-refractivity contribution < 1.29 is 24.2 Å². The molecule has 1 heterocycles. The van der Waals surface area contributed by atoms with E-state index in [-0.39, 0.29) is 17.8 Å². The maximum absolute atomic E-state index is 11.7. The van der Waals surface area contributed by atoms with Gasteiger partial charge in [-0.3, -0.25) is 14.9 Å². The van der Waals surface area contributed by atoms with Crippen LogP contribution in [0.5, 0.6) is 5.75 Å². The van der Waals surface area contributed by atoms with Gasteiger partial charge in [0.1, 0.15) is 18.5 Å². The second kappa shape index (κ2) is 9.43. The summed E-state index contributed by atoms with van der Waals surface area (Å²) in [6.45, 7) is 1.73. The number of ether oxygens (including phenoxy) is 2. The van der Waals surface area contributed by atoms with Crippen LogP contribution in [-0.2, 0) is 16.0 Å². The molecule has 0 saturated carbocycles. The summed E-state index contributed by atoms with van der Waals surface area (Å²) >= 11 is 7.05. The Morgan fingerprint density at radius 1 is 1.21 bits per heavy atom. The number of amides is 2. The first kappa shape index (κ1) is 20.7. The summed E-state index contributed by atoms with van der Waals surface area (Å²) in [5, 5.41) is 11.8. The normalized spacial score (nSPS) is 18.6. The maximum atomic E-state index is 11.7. The van der Waals surface area contributed by atoms with Crippen molar-refractivity contribution in [1.82, 2.24) is 5.32 Å². The number of carbonyl (C=O) groups is 2. The van der Waals surface area contributed by atoms with E-state index < -0.39 is 17.6 Å². The van der Waals surface area contributed by atoms with Crippen molar-refractivity contribution in [1.29, 1.82) is 0 Å². The van der Waals surface area contributed by atoms with Crippen LogP contribution < -0.4 is 10.1 Å². The van der Waals surface area contributed by atoms with Gasteiger partial charge in [-0.05, 0) is 48.7 Å². The third-order valence-electron chi connectivity index (χ3n) is 4.09. The number of thioether (sulfide) groups is 1. The summed E-state index contributed by atoms with van der Waals surface area (Å²) in [4.78, 5) is 22.9. The Kier molecular flexibility index (Phi) is 6.96. The van der Waals surface area contributed by atoms with Crippen molar-refractivity contribution in [3.8, 4) is 5.75 Å². The molecule has 2 aromatic rings. The van der Waals surface area contributed by atoms with Gasteiger partial charge in [0.15, 0.2) is 6.29 Å². The Morgan fingerprint density at radius 2 is 1.96 bits per heavy atom. The molecule has 0 bridgehead atoms. The van der Waals surface area contributed by atoms with Crippen molar-refractivity contribution in [2.75, 3.05) is 6.61 Å². The molecule has 8 heteroatoms. The van der Waals surface area contributed by atoms with Gasteiger partial charge in [-0.15, -0.1) is 0 Å². The predicted octanol–water partition coefficient (Wildman–Crippen LogP) is 3.71. The van der Waals surface area contributed by atoms with Crippen molar-refractivity contribution in [3.63, 3.8) is 0 Å². The van der Waals surface area contributed by atoms with E-state index in [0.717, 1.165) is 22.9 Å². The van der Waals surface area contributed by atoms with Crippen LogP contribution in [0.3, 0.4) is 0 Å². The van der Waals surface area contributed by atoms with Crippen LogP contribution in [0, 0.1) is 0 Å². The van der Waals surface area contributed by atoms with Gasteiger partial charge >= 0.3 is 0 Å². The average Bonchev–Trinajstić information content (AvgIpc) is 2.96. The van der Waals surface area contributed by atoms with Gasteiger partial charge in [0.25, 0.3) is 5.24 Å². The fourth-order valence-electron chi connectivity index (χ4n) is 2.79. The monoisotopic (exact) mass is 421 g/mol. The molecule has 0 spiro atoms. The molecule has 2 amide bonds. The van der Waals surface area contributed by atoms with E-state index in [1.54, 1.807) is 24.3 Å². The quantitative estimate of drug-likeness (QED) is 0.632. The minimum atomic E-state index is -0.951. The first-order valence-corrected chi connectivity index (χ1v) is 9.98. The van der Waals surface area contributed by atoms with Crippen LogP contribution in [0.4, 0.5) is 4.79 Å². The highest BCUT2D eigenvalue weighted by Crippen LogP contribution is 2.26. The lowest BCUT2D eigenvalue weighted by molar-refractivity contribution is -0.135. The predicted molar refractivity (Wildman–Crippen MR) is 108 cm³/mol. The Morgan fingerprint density at radius 3 is 2.57 bits per heavy atom. The van der Waals surface area contributed by atoms with Gasteiger partial charge in [-0.25, -0.2) is 0 Å². The second-order valence-electron chi connectivity index (χ2n) is 6.32. The Bertz CT molecular complexity index is 843. The Balaban J connectivity index is 1.60. The van der Waals surface area contributed by atoms with Crippen LogP contribution in [0.2, 0.25) is 5.02 Å². The van der Waals surface area contributed by atoms with E-state index in [0.29, 0.717) is 17.2 Å². The zero-order valence-electron chi connectivity index (χ0n) is 15.1. The van der Waals surface area contributed by atoms with Gasteiger partial charge in [0, 0.05) is 5.02 Å². The number of carbonyl (C=O) groups excluding carboxylic acids is 2. The summed E-state index contributed by atoms with van der Waals surface area (Å²) in [5.41, 5.74) is 1.74. The molecule has 6 nitrogen and oxygen atoms in total. The summed E-state index contributed by atoms with van der Waals surface area (Å²) in [5.74, 6) is 0.375. The highest BCUT2D eigenvalue weighted by atomic mass is 35.5. The second-order valence-corrected chi connectivity index (χ2v) is 7.93. The molecule has 1 aliphatic rings. The number of halogens is 1. The number of imide groups is 1. The molecule has 1 aliphatic heterocycles. The van der Waals surface area contributed by atoms with Crippen LogP contribution in [0.15, 0.2) is 48.5 Å². The Hall–Kier alpha value is -2.06. The topological polar surface area (TPSA) is 84.9 Å². The van der Waals surface area contributed by atoms with Gasteiger partial charge in [-0.2, -0.15) is 0 Å². The van der Waals surface area contributed by atoms with Crippen molar-refractivity contribution in [2.45, 2.75) is 31.0 Å². The van der Waals surface area contributed by atoms with Crippen molar-refractivity contribution in [3.05, 3.63) is 64.7 Å². The molecule has 2 unspecified atom stereocenters. The number of hydrogen-bond donors (Lipinski definition) is 2. The standard InChI is InChI=1S/C20H20ClNO5S/c1-12(23)27-17(14-3-2-4-15(21)10-14)11-26-16-7-5-13(6-8-16)9-18-19(24)22-20(25)28-18/h2-8,10,12,17-18,23H,9,11H2,1H3,(H,22,24,25)/t12?,17-,18?/m0/s1. The smallest absolute Gasteiger partial charge is 0.286 e. The van der Waals surface area contributed by atoms with E-state index in [9.17, 15) is 14.7 Å². The van der Waals surface area contributed by atoms with Crippen LogP contribution in [0.25, 0.3) is 0 Å². The van der Waals surface area contributed by atoms with Gasteiger partial charge in [0.05, 0.1) is 5.25 Å². The zero-order valence-corrected chi connectivity index (χ0v) is 16.7. The molecule has 0 radical (unpaired) electrons. The van der Waals surface area contributed by atoms with Gasteiger partial charge in [-0.1, -0.05) is 47.6 Å². The van der Waals surface area contributed by atoms with Crippen molar-refractivity contribution in [2.24, 2.45) is 0 Å². The van der Waals surface area contributed by atoms with Gasteiger partial charge in [0.2, 0.25) is 5.91 Å². The van der Waals surface area contributed by atoms with E-state index in [1.165, 1.54) is 6.92 Å². The first-order chi connectivity index (χ1) is 13.4. The molecule has 0 aromatic heterocycles. The fraction of sp³-hybridized carbons (Fsp3) is 0.300. The number of benzene rings is 2. The molecular formula is C20H20ClNO5S. The van der Waals surface area contributed by atoms with Crippen LogP contribution in [-0.4, -0.2) is 34.4 Å². The third-order valence-corrected chi connectivity index (χ3v) is 5.31. The van der Waals surface area contributed by atoms with E-state index >= 15 is 0 Å². The maximum Gasteiger partial charge on any atom is 0.286 e. The Labute approximate surface area is 172 Å². The minimum Gasteiger partial charge on any atom is -0.491 e. The summed E-state index contributed by atoms with van der Waals surface area (Å²) in [7, 11) is 0. The lowest BCUT2D eigenvalue weighted by atomic mass is 10.1. The van der Waals surface area contributed by atoms with E-state index in [2.05, 4.69) is 5.32 Å². The summed E-state index contributed by atoms with van der Waals surface area (Å²) in [6, 6.07) is 14.5. The molecule has 148 valence electrons. The molecule has 3 rings (SSSR count). The van der Waals surface area contributed by atoms with E-state index in [4.69, 9.17) is 21.1 Å². The SMILES string of the molecule is CC(O)O[C@@H](COc1ccc(CC2SC(=O)NC2=O)cc1)c1cccc(Cl)c1. The van der Waals surface area contributed by atoms with Crippen LogP contribution >= 0.6 is 23.4 Å². The van der Waals surface area contributed by atoms with Crippen molar-refractivity contribution >= 4 is 34.5 Å². The summed E-state index contributed by atoms with van der Waals surface area (Å²) in [6.07, 6.45) is -0.964. The third kappa shape index (κ3) is 5.72. The molecule has 1 saturated heterocycles. The van der Waals surface area contributed by atoms with E-state index in [1.807, 2.05) is 24.3 Å². The fourth-order valence-corrected chi connectivity index (χ4v) is 3.85. The first-order valence-electron chi connectivity index (χ1n) is 8.73. The number of aliphatic hydroxyl groups excluding tert-OH is 1. The molecule has 3 atom stereocenters. The summed E-state index contributed by atoms with van der Waals surface area (Å²) < 4.78 is 11.3. The highest BCUT2D eigenvalue weighted by molar-refractivity contribution is 8.15. The lowest BCUT2D eigenvalue weighted by Gasteiger charge is -2.21. The molecule has 0 aliphatic carbocycles. The lowest BCUT2D eigenvalue weighted by Crippen LogP contribution is -2.25. The molecule has 2 N–H and O–H groups in total. The van der Waals surface area contributed by atoms with Gasteiger partial charge < -0.3 is 14.6 Å². The molecule has 1 fully saturated rings. The molecule has 2 aromatic carbocycles. The minimum absolute atomic E-state index is 0.194. The number of rotatable bonds is 8. The molecule has 28 heavy (non-hydrogen) atoms. The molecular weight excluding hydrogens is 402 g/mol. The number of nitrogens with one attached hydrogen (secondary N) is 1. The zero-order chi connectivity index (χ0) is 20.1. The largest absolute Gasteiger partial charge is 0.491 e. The average molecular weight is 422 g/mol. The number of aliphatic hydroxyl groups is 1. The highest BCUT2D eigenvalue weighted by Gasteiger charge is 2.31. The number of hydrogen-bond acceptors (Lipinski definition) is 6.